The summed E-state index contributed by atoms with van der Waals surface area (Å²) >= 11 is 0. The van der Waals surface area contributed by atoms with E-state index in [-0.39, 0.29) is 0 Å². The van der Waals surface area contributed by atoms with E-state index in [2.05, 4.69) is 5.10 Å². The summed E-state index contributed by atoms with van der Waals surface area (Å²) in [6.45, 7) is 0.749. The first-order valence-electron chi connectivity index (χ1n) is 4.04. The van der Waals surface area contributed by atoms with Crippen molar-refractivity contribution < 1.29 is 8.42 Å². The molecule has 13 heavy (non-hydrogen) atoms. The van der Waals surface area contributed by atoms with Gasteiger partial charge in [0, 0.05) is 25.4 Å². The second-order valence-electron chi connectivity index (χ2n) is 3.16. The molecule has 1 unspecified atom stereocenters. The summed E-state index contributed by atoms with van der Waals surface area (Å²) in [6, 6.07) is 1.78. The van der Waals surface area contributed by atoms with Gasteiger partial charge in [0.15, 0.2) is 9.84 Å². The molecule has 0 aromatic carbocycles. The molecule has 0 saturated carbocycles. The predicted molar refractivity (Wildman–Crippen MR) is 48.6 cm³/mol. The zero-order chi connectivity index (χ0) is 9.47. The van der Waals surface area contributed by atoms with E-state index in [9.17, 15) is 8.42 Å². The summed E-state index contributed by atoms with van der Waals surface area (Å²) in [5, 5.41) is 5.32. The standard InChI is InChI=1S/C7H11N3O2S/c1-13(11,12)7-3-6-9(7)10-5-2-4-8-10/h2,4-5,7H,3,6H2,1H3. The molecular formula is C7H11N3O2S. The number of hydrogen-bond acceptors (Lipinski definition) is 4. The molecule has 2 heterocycles. The summed E-state index contributed by atoms with van der Waals surface area (Å²) in [6.07, 6.45) is 5.33. The molecule has 1 aromatic heterocycles. The van der Waals surface area contributed by atoms with Gasteiger partial charge in [-0.3, -0.25) is 5.01 Å². The molecule has 72 valence electrons. The number of sulfone groups is 1. The highest BCUT2D eigenvalue weighted by Gasteiger charge is 2.36. The van der Waals surface area contributed by atoms with Gasteiger partial charge in [0.05, 0.1) is 6.20 Å². The first-order valence-corrected chi connectivity index (χ1v) is 6.00. The molecule has 1 saturated heterocycles. The minimum Gasteiger partial charge on any atom is -0.279 e. The maximum Gasteiger partial charge on any atom is 0.170 e. The summed E-state index contributed by atoms with van der Waals surface area (Å²) in [4.78, 5) is 1.58. The Morgan fingerprint density at radius 3 is 2.69 bits per heavy atom. The maximum absolute atomic E-state index is 11.2. The molecule has 2 rings (SSSR count). The minimum atomic E-state index is -2.98. The number of aromatic nitrogens is 2. The Balaban J connectivity index is 2.21. The quantitative estimate of drug-likeness (QED) is 0.653. The zero-order valence-corrected chi connectivity index (χ0v) is 8.11. The summed E-state index contributed by atoms with van der Waals surface area (Å²) in [5.74, 6) is 0. The van der Waals surface area contributed by atoms with Crippen molar-refractivity contribution in [2.24, 2.45) is 0 Å². The molecule has 1 aromatic rings. The topological polar surface area (TPSA) is 55.2 Å². The van der Waals surface area contributed by atoms with Crippen molar-refractivity contribution in [2.75, 3.05) is 17.8 Å². The predicted octanol–water partition coefficient (Wildman–Crippen LogP) is -0.405. The molecule has 5 nitrogen and oxygen atoms in total. The number of hydrogen-bond donors (Lipinski definition) is 0. The lowest BCUT2D eigenvalue weighted by Crippen LogP contribution is -2.58. The van der Waals surface area contributed by atoms with E-state index in [4.69, 9.17) is 0 Å². The molecule has 0 N–H and O–H groups in total. The van der Waals surface area contributed by atoms with Crippen molar-refractivity contribution in [3.8, 4) is 0 Å². The molecule has 1 aliphatic heterocycles. The smallest absolute Gasteiger partial charge is 0.170 e. The normalized spacial score (nSPS) is 22.8. The molecule has 1 fully saturated rings. The van der Waals surface area contributed by atoms with Gasteiger partial charge in [-0.2, -0.15) is 9.89 Å². The van der Waals surface area contributed by atoms with Crippen LogP contribution in [0.25, 0.3) is 0 Å². The minimum absolute atomic E-state index is 0.396. The van der Waals surface area contributed by atoms with Gasteiger partial charge in [-0.1, -0.05) is 0 Å². The van der Waals surface area contributed by atoms with Crippen molar-refractivity contribution in [3.05, 3.63) is 18.5 Å². The third-order valence-electron chi connectivity index (χ3n) is 2.19. The lowest BCUT2D eigenvalue weighted by atomic mass is 10.3. The van der Waals surface area contributed by atoms with Crippen molar-refractivity contribution in [1.29, 1.82) is 0 Å². The van der Waals surface area contributed by atoms with Crippen LogP contribution in [0, 0.1) is 0 Å². The van der Waals surface area contributed by atoms with E-state index in [1.54, 1.807) is 28.3 Å². The van der Waals surface area contributed by atoms with Crippen molar-refractivity contribution in [1.82, 2.24) is 9.89 Å². The van der Waals surface area contributed by atoms with Gasteiger partial charge in [-0.15, -0.1) is 0 Å². The Bertz CT molecular complexity index is 384. The first kappa shape index (κ1) is 8.55. The lowest BCUT2D eigenvalue weighted by Gasteiger charge is -2.40. The molecule has 1 aliphatic rings. The van der Waals surface area contributed by atoms with E-state index in [1.807, 2.05) is 0 Å². The Kier molecular flexibility index (Phi) is 1.80. The van der Waals surface area contributed by atoms with E-state index in [0.717, 1.165) is 6.54 Å². The second-order valence-corrected chi connectivity index (χ2v) is 5.37. The molecule has 0 aliphatic carbocycles. The molecule has 0 spiro atoms. The molecule has 0 radical (unpaired) electrons. The van der Waals surface area contributed by atoms with E-state index < -0.39 is 15.2 Å². The van der Waals surface area contributed by atoms with Gasteiger partial charge in [-0.05, 0) is 6.07 Å². The summed E-state index contributed by atoms with van der Waals surface area (Å²) in [5.41, 5.74) is 0. The maximum atomic E-state index is 11.2. The van der Waals surface area contributed by atoms with Crippen LogP contribution >= 0.6 is 0 Å². The van der Waals surface area contributed by atoms with Gasteiger partial charge in [0.1, 0.15) is 5.37 Å². The molecule has 0 bridgehead atoms. The molecule has 6 heteroatoms. The first-order chi connectivity index (χ1) is 6.09. The molecule has 0 amide bonds. The van der Waals surface area contributed by atoms with Crippen molar-refractivity contribution >= 4 is 9.84 Å². The Labute approximate surface area is 76.8 Å². The highest BCUT2D eigenvalue weighted by Crippen LogP contribution is 2.19. The zero-order valence-electron chi connectivity index (χ0n) is 7.29. The van der Waals surface area contributed by atoms with Crippen LogP contribution in [0.3, 0.4) is 0 Å². The van der Waals surface area contributed by atoms with Crippen LogP contribution in [0.15, 0.2) is 18.5 Å². The fraction of sp³-hybridized carbons (Fsp3) is 0.571. The average Bonchev–Trinajstić information content (AvgIpc) is 2.32. The van der Waals surface area contributed by atoms with Crippen LogP contribution < -0.4 is 5.01 Å². The third-order valence-corrected chi connectivity index (χ3v) is 3.65. The Morgan fingerprint density at radius 2 is 2.31 bits per heavy atom. The van der Waals surface area contributed by atoms with Crippen LogP contribution in [-0.2, 0) is 9.84 Å². The number of nitrogens with zero attached hydrogens (tertiary/aromatic N) is 3. The fourth-order valence-electron chi connectivity index (χ4n) is 1.43. The van der Waals surface area contributed by atoms with E-state index in [1.165, 1.54) is 6.26 Å². The van der Waals surface area contributed by atoms with Crippen LogP contribution in [0.4, 0.5) is 0 Å². The lowest BCUT2D eigenvalue weighted by molar-refractivity contribution is 0.390. The monoisotopic (exact) mass is 201 g/mol. The van der Waals surface area contributed by atoms with Gasteiger partial charge >= 0.3 is 0 Å². The Hall–Kier alpha value is -1.04. The van der Waals surface area contributed by atoms with Gasteiger partial charge in [-0.25, -0.2) is 8.42 Å². The Morgan fingerprint density at radius 1 is 1.54 bits per heavy atom. The van der Waals surface area contributed by atoms with Gasteiger partial charge in [0.2, 0.25) is 0 Å². The SMILES string of the molecule is CS(=O)(=O)C1CCN1n1cccn1. The van der Waals surface area contributed by atoms with Crippen LogP contribution in [0.2, 0.25) is 0 Å². The summed E-state index contributed by atoms with van der Waals surface area (Å²) < 4.78 is 22.5. The second kappa shape index (κ2) is 2.73. The largest absolute Gasteiger partial charge is 0.279 e. The summed E-state index contributed by atoms with van der Waals surface area (Å²) in [7, 11) is -2.98. The highest BCUT2D eigenvalue weighted by molar-refractivity contribution is 7.91. The number of rotatable bonds is 2. The van der Waals surface area contributed by atoms with Gasteiger partial charge < -0.3 is 0 Å². The average molecular weight is 201 g/mol. The van der Waals surface area contributed by atoms with E-state index in [0.29, 0.717) is 6.42 Å². The van der Waals surface area contributed by atoms with Crippen molar-refractivity contribution in [2.45, 2.75) is 11.8 Å². The van der Waals surface area contributed by atoms with E-state index >= 15 is 0 Å². The highest BCUT2D eigenvalue weighted by atomic mass is 32.2. The van der Waals surface area contributed by atoms with Crippen molar-refractivity contribution in [3.63, 3.8) is 0 Å². The van der Waals surface area contributed by atoms with Crippen LogP contribution in [0.5, 0.6) is 0 Å². The fourth-order valence-corrected chi connectivity index (χ4v) is 2.61. The molecular weight excluding hydrogens is 190 g/mol. The third kappa shape index (κ3) is 1.41. The van der Waals surface area contributed by atoms with Crippen LogP contribution in [0.1, 0.15) is 6.42 Å². The van der Waals surface area contributed by atoms with Crippen LogP contribution in [-0.4, -0.2) is 36.5 Å². The molecule has 1 atom stereocenters. The van der Waals surface area contributed by atoms with Gasteiger partial charge in [0.25, 0.3) is 0 Å².